The van der Waals surface area contributed by atoms with Gasteiger partial charge in [-0.15, -0.1) is 0 Å². The molecule has 0 bridgehead atoms. The van der Waals surface area contributed by atoms with Gasteiger partial charge in [-0.25, -0.2) is 0 Å². The number of amides is 1. The molecule has 1 N–H and O–H groups in total. The second-order valence-corrected chi connectivity index (χ2v) is 5.82. The lowest BCUT2D eigenvalue weighted by molar-refractivity contribution is 0.101. The van der Waals surface area contributed by atoms with E-state index in [1.165, 1.54) is 6.92 Å². The van der Waals surface area contributed by atoms with Crippen molar-refractivity contribution in [3.63, 3.8) is 0 Å². The van der Waals surface area contributed by atoms with E-state index in [2.05, 4.69) is 5.32 Å². The van der Waals surface area contributed by atoms with E-state index in [-0.39, 0.29) is 11.7 Å². The minimum absolute atomic E-state index is 0.00314. The largest absolute Gasteiger partial charge is 0.322 e. The van der Waals surface area contributed by atoms with Crippen LogP contribution in [0.25, 0.3) is 11.1 Å². The summed E-state index contributed by atoms with van der Waals surface area (Å²) in [5.74, 6) is -0.232. The number of Topliss-reactive ketones (excluding diaryl/α,β-unsaturated/α-hetero) is 1. The van der Waals surface area contributed by atoms with Crippen LogP contribution in [0.15, 0.2) is 72.8 Å². The van der Waals surface area contributed by atoms with Crippen LogP contribution in [0.3, 0.4) is 0 Å². The van der Waals surface area contributed by atoms with Gasteiger partial charge in [-0.05, 0) is 48.4 Å². The van der Waals surface area contributed by atoms with Crippen molar-refractivity contribution in [1.29, 1.82) is 5.26 Å². The number of nitriles is 1. The number of benzene rings is 3. The number of rotatable bonds is 4. The first-order chi connectivity index (χ1) is 12.6. The van der Waals surface area contributed by atoms with Crippen molar-refractivity contribution in [1.82, 2.24) is 0 Å². The molecule has 3 aromatic carbocycles. The molecule has 0 fully saturated rings. The van der Waals surface area contributed by atoms with Crippen LogP contribution in [0.4, 0.5) is 5.69 Å². The van der Waals surface area contributed by atoms with Crippen LogP contribution in [0.5, 0.6) is 0 Å². The van der Waals surface area contributed by atoms with Gasteiger partial charge in [0.2, 0.25) is 0 Å². The third-order valence-corrected chi connectivity index (χ3v) is 4.05. The Morgan fingerprint density at radius 1 is 0.885 bits per heavy atom. The van der Waals surface area contributed by atoms with Crippen molar-refractivity contribution >= 4 is 17.4 Å². The highest BCUT2D eigenvalue weighted by Gasteiger charge is 2.13. The summed E-state index contributed by atoms with van der Waals surface area (Å²) in [6, 6.07) is 23.2. The van der Waals surface area contributed by atoms with Crippen LogP contribution >= 0.6 is 0 Å². The van der Waals surface area contributed by atoms with E-state index in [4.69, 9.17) is 5.26 Å². The molecular formula is C22H16N2O2. The van der Waals surface area contributed by atoms with Crippen LogP contribution in [-0.2, 0) is 0 Å². The molecule has 1 amide bonds. The third kappa shape index (κ3) is 3.68. The Kier molecular flexibility index (Phi) is 4.91. The second kappa shape index (κ2) is 7.45. The molecular weight excluding hydrogens is 324 g/mol. The fourth-order valence-corrected chi connectivity index (χ4v) is 2.64. The number of carbonyl (C=O) groups excluding carboxylic acids is 2. The Morgan fingerprint density at radius 2 is 1.54 bits per heavy atom. The lowest BCUT2D eigenvalue weighted by Crippen LogP contribution is -2.13. The maximum atomic E-state index is 12.7. The molecule has 0 atom stereocenters. The molecule has 0 aliphatic rings. The molecule has 4 heteroatoms. The summed E-state index contributed by atoms with van der Waals surface area (Å²) < 4.78 is 0. The zero-order valence-electron chi connectivity index (χ0n) is 14.2. The number of nitrogens with zero attached hydrogens (tertiary/aromatic N) is 1. The molecule has 26 heavy (non-hydrogen) atoms. The molecule has 4 nitrogen and oxygen atoms in total. The SMILES string of the molecule is CC(=O)c1ccc(-c2ccccc2C(=O)Nc2ccc(C#N)cc2)cc1. The molecule has 126 valence electrons. The minimum atomic E-state index is -0.235. The van der Waals surface area contributed by atoms with Gasteiger partial charge in [0.1, 0.15) is 0 Å². The highest BCUT2D eigenvalue weighted by molar-refractivity contribution is 6.08. The first kappa shape index (κ1) is 17.1. The van der Waals surface area contributed by atoms with Crippen molar-refractivity contribution in [3.8, 4) is 17.2 Å². The van der Waals surface area contributed by atoms with Gasteiger partial charge in [-0.3, -0.25) is 9.59 Å². The fourth-order valence-electron chi connectivity index (χ4n) is 2.64. The molecule has 0 aliphatic heterocycles. The summed E-state index contributed by atoms with van der Waals surface area (Å²) in [7, 11) is 0. The van der Waals surface area contributed by atoms with Gasteiger partial charge in [0.05, 0.1) is 11.6 Å². The van der Waals surface area contributed by atoms with Crippen LogP contribution in [0.1, 0.15) is 33.2 Å². The first-order valence-corrected chi connectivity index (χ1v) is 8.10. The quantitative estimate of drug-likeness (QED) is 0.701. The average molecular weight is 340 g/mol. The van der Waals surface area contributed by atoms with E-state index in [0.717, 1.165) is 11.1 Å². The van der Waals surface area contributed by atoms with Gasteiger partial charge in [0.15, 0.2) is 5.78 Å². The van der Waals surface area contributed by atoms with Crippen LogP contribution in [0, 0.1) is 11.3 Å². The van der Waals surface area contributed by atoms with E-state index in [9.17, 15) is 9.59 Å². The lowest BCUT2D eigenvalue weighted by Gasteiger charge is -2.11. The summed E-state index contributed by atoms with van der Waals surface area (Å²) >= 11 is 0. The molecule has 3 rings (SSSR count). The van der Waals surface area contributed by atoms with Crippen molar-refractivity contribution in [2.24, 2.45) is 0 Å². The van der Waals surface area contributed by atoms with Crippen LogP contribution < -0.4 is 5.32 Å². The van der Waals surface area contributed by atoms with Crippen molar-refractivity contribution in [3.05, 3.63) is 89.5 Å². The van der Waals surface area contributed by atoms with Crippen molar-refractivity contribution in [2.45, 2.75) is 6.92 Å². The van der Waals surface area contributed by atoms with Crippen molar-refractivity contribution in [2.75, 3.05) is 5.32 Å². The maximum Gasteiger partial charge on any atom is 0.256 e. The number of hydrogen-bond acceptors (Lipinski definition) is 3. The fraction of sp³-hybridized carbons (Fsp3) is 0.0455. The Morgan fingerprint density at radius 3 is 2.15 bits per heavy atom. The summed E-state index contributed by atoms with van der Waals surface area (Å²) in [6.45, 7) is 1.52. The summed E-state index contributed by atoms with van der Waals surface area (Å²) in [5.41, 5.74) is 3.97. The van der Waals surface area contributed by atoms with Gasteiger partial charge in [0, 0.05) is 16.8 Å². The molecule has 0 saturated heterocycles. The number of ketones is 1. The smallest absolute Gasteiger partial charge is 0.256 e. The average Bonchev–Trinajstić information content (AvgIpc) is 2.68. The normalized spacial score (nSPS) is 10.0. The summed E-state index contributed by atoms with van der Waals surface area (Å²) in [5, 5.41) is 11.7. The minimum Gasteiger partial charge on any atom is -0.322 e. The van der Waals surface area contributed by atoms with E-state index < -0.39 is 0 Å². The predicted octanol–water partition coefficient (Wildman–Crippen LogP) is 4.68. The van der Waals surface area contributed by atoms with E-state index in [0.29, 0.717) is 22.4 Å². The maximum absolute atomic E-state index is 12.7. The number of carbonyl (C=O) groups is 2. The van der Waals surface area contributed by atoms with Crippen LogP contribution in [0.2, 0.25) is 0 Å². The molecule has 0 heterocycles. The Labute approximate surface area is 151 Å². The van der Waals surface area contributed by atoms with Gasteiger partial charge in [-0.1, -0.05) is 42.5 Å². The Bertz CT molecular complexity index is 998. The van der Waals surface area contributed by atoms with Gasteiger partial charge in [0.25, 0.3) is 5.91 Å². The Balaban J connectivity index is 1.89. The number of nitrogens with one attached hydrogen (secondary N) is 1. The molecule has 0 saturated carbocycles. The second-order valence-electron chi connectivity index (χ2n) is 5.82. The molecule has 0 radical (unpaired) electrons. The zero-order chi connectivity index (χ0) is 18.5. The standard InChI is InChI=1S/C22H16N2O2/c1-15(25)17-8-10-18(11-9-17)20-4-2-3-5-21(20)22(26)24-19-12-6-16(14-23)7-13-19/h2-13H,1H3,(H,24,26). The zero-order valence-corrected chi connectivity index (χ0v) is 14.2. The monoisotopic (exact) mass is 340 g/mol. The van der Waals surface area contributed by atoms with E-state index in [1.807, 2.05) is 30.3 Å². The Hall–Kier alpha value is -3.71. The first-order valence-electron chi connectivity index (χ1n) is 8.10. The molecule has 0 aromatic heterocycles. The summed E-state index contributed by atoms with van der Waals surface area (Å²) in [6.07, 6.45) is 0. The molecule has 0 spiro atoms. The van der Waals surface area contributed by atoms with Gasteiger partial charge in [-0.2, -0.15) is 5.26 Å². The van der Waals surface area contributed by atoms with Gasteiger partial charge < -0.3 is 5.32 Å². The third-order valence-electron chi connectivity index (χ3n) is 4.05. The highest BCUT2D eigenvalue weighted by atomic mass is 16.1. The number of anilines is 1. The molecule has 3 aromatic rings. The number of hydrogen-bond donors (Lipinski definition) is 1. The van der Waals surface area contributed by atoms with Gasteiger partial charge >= 0.3 is 0 Å². The predicted molar refractivity (Wildman–Crippen MR) is 101 cm³/mol. The van der Waals surface area contributed by atoms with Crippen molar-refractivity contribution < 1.29 is 9.59 Å². The molecule has 0 aliphatic carbocycles. The highest BCUT2D eigenvalue weighted by Crippen LogP contribution is 2.25. The topological polar surface area (TPSA) is 70.0 Å². The van der Waals surface area contributed by atoms with E-state index >= 15 is 0 Å². The molecule has 0 unspecified atom stereocenters. The van der Waals surface area contributed by atoms with Crippen LogP contribution in [-0.4, -0.2) is 11.7 Å². The van der Waals surface area contributed by atoms with E-state index in [1.54, 1.807) is 48.5 Å². The lowest BCUT2D eigenvalue weighted by atomic mass is 9.97. The summed E-state index contributed by atoms with van der Waals surface area (Å²) in [4.78, 5) is 24.1.